The molecule has 184 valence electrons. The predicted octanol–water partition coefficient (Wildman–Crippen LogP) is -1.76. The minimum absolute atomic E-state index is 0.0144. The second kappa shape index (κ2) is 9.52. The summed E-state index contributed by atoms with van der Waals surface area (Å²) in [5, 5.41) is 27.4. The van der Waals surface area contributed by atoms with Crippen LogP contribution in [0.4, 0.5) is 5.13 Å². The molecule has 0 aromatic carbocycles. The molecule has 2 amide bonds. The van der Waals surface area contributed by atoms with Gasteiger partial charge in [-0.2, -0.15) is 0 Å². The van der Waals surface area contributed by atoms with E-state index in [1.54, 1.807) is 5.38 Å². The van der Waals surface area contributed by atoms with E-state index >= 15 is 0 Å². The summed E-state index contributed by atoms with van der Waals surface area (Å²) in [5.74, 6) is -1.94. The van der Waals surface area contributed by atoms with E-state index in [4.69, 9.17) is 10.6 Å². The number of β-lactam (4-membered cyclic amide) rings is 1. The van der Waals surface area contributed by atoms with Gasteiger partial charge in [0.25, 0.3) is 11.8 Å². The van der Waals surface area contributed by atoms with Gasteiger partial charge in [-0.1, -0.05) is 5.16 Å². The number of nitrogen functional groups attached to an aromatic ring is 1. The highest BCUT2D eigenvalue weighted by Gasteiger charge is 2.55. The van der Waals surface area contributed by atoms with Gasteiger partial charge in [-0.3, -0.25) is 14.5 Å². The number of aliphatic hydroxyl groups is 1. The number of carbonyl (C=O) groups excluding carboxylic acids is 2. The van der Waals surface area contributed by atoms with Crippen molar-refractivity contribution in [3.05, 3.63) is 22.3 Å². The number of carboxylic acid groups (broad SMARTS) is 1. The van der Waals surface area contributed by atoms with Crippen LogP contribution in [0.1, 0.15) is 25.5 Å². The lowest BCUT2D eigenvalue weighted by molar-refractivity contribution is -0.933. The molecule has 1 aromatic heterocycles. The first-order valence-electron chi connectivity index (χ1n) is 10.7. The molecule has 4 rings (SSSR count). The van der Waals surface area contributed by atoms with Crippen LogP contribution in [0.15, 0.2) is 21.8 Å². The Morgan fingerprint density at radius 3 is 2.88 bits per heavy atom. The number of nitrogens with two attached hydrogens (primary N) is 1. The molecule has 12 nitrogen and oxygen atoms in total. The van der Waals surface area contributed by atoms with Crippen molar-refractivity contribution in [3.8, 4) is 0 Å². The van der Waals surface area contributed by atoms with Crippen molar-refractivity contribution in [2.45, 2.75) is 36.7 Å². The average molecular weight is 512 g/mol. The van der Waals surface area contributed by atoms with Crippen LogP contribution in [0, 0.1) is 0 Å². The lowest BCUT2D eigenvalue weighted by Crippen LogP contribution is -3.18. The van der Waals surface area contributed by atoms with Crippen molar-refractivity contribution >= 4 is 51.7 Å². The minimum Gasteiger partial charge on any atom is -0.477 e. The fourth-order valence-corrected chi connectivity index (χ4v) is 6.54. The van der Waals surface area contributed by atoms with Gasteiger partial charge in [0.1, 0.15) is 42.0 Å². The molecular weight excluding hydrogens is 484 g/mol. The van der Waals surface area contributed by atoms with Crippen molar-refractivity contribution < 1.29 is 34.3 Å². The highest BCUT2D eigenvalue weighted by atomic mass is 32.2. The number of amides is 2. The summed E-state index contributed by atoms with van der Waals surface area (Å²) in [6, 6.07) is -0.909. The zero-order valence-electron chi connectivity index (χ0n) is 18.7. The lowest BCUT2D eigenvalue weighted by atomic mass is 9.98. The lowest BCUT2D eigenvalue weighted by Gasteiger charge is -2.49. The van der Waals surface area contributed by atoms with Gasteiger partial charge >= 0.3 is 5.97 Å². The molecule has 2 fully saturated rings. The zero-order chi connectivity index (χ0) is 24.6. The van der Waals surface area contributed by atoms with Gasteiger partial charge in [-0.15, -0.1) is 23.1 Å². The Bertz CT molecular complexity index is 1070. The van der Waals surface area contributed by atoms with Crippen LogP contribution in [-0.4, -0.2) is 93.1 Å². The molecule has 1 unspecified atom stereocenters. The van der Waals surface area contributed by atoms with E-state index in [2.05, 4.69) is 15.5 Å². The molecule has 4 atom stereocenters. The molecule has 0 bridgehead atoms. The number of fused-ring (bicyclic) bond motifs is 1. The van der Waals surface area contributed by atoms with Gasteiger partial charge in [0.05, 0.1) is 13.2 Å². The van der Waals surface area contributed by atoms with Crippen molar-refractivity contribution in [1.82, 2.24) is 15.2 Å². The average Bonchev–Trinajstić information content (AvgIpc) is 3.40. The van der Waals surface area contributed by atoms with E-state index in [9.17, 15) is 24.6 Å². The third-order valence-corrected chi connectivity index (χ3v) is 8.55. The summed E-state index contributed by atoms with van der Waals surface area (Å²) in [6.45, 7) is 3.27. The third-order valence-electron chi connectivity index (χ3n) is 6.54. The molecule has 3 aliphatic rings. The number of hydrogen-bond donors (Lipinski definition) is 5. The number of nitrogens with one attached hydrogen (secondary N) is 2. The second-order valence-electron chi connectivity index (χ2n) is 8.66. The van der Waals surface area contributed by atoms with Gasteiger partial charge in [0.2, 0.25) is 0 Å². The van der Waals surface area contributed by atoms with Crippen LogP contribution in [-0.2, 0) is 19.2 Å². The standard InChI is InChI=1S/C20H26N6O6S2/c1-20(9-27)4-3-5-25(20)6-10-7-33-17-13(16(29)26(17)14(10)18(30)31)23-15(28)12(24-32-2)11-8-34-19(21)22-11/h8,13,17,27H,3-7,9H2,1-2H3,(H2,21,22)(H,23,28)(H,30,31)/p+1/t13-,17+,20+/m1/s1. The van der Waals surface area contributed by atoms with Crippen molar-refractivity contribution in [1.29, 1.82) is 0 Å². The van der Waals surface area contributed by atoms with Crippen LogP contribution in [0.3, 0.4) is 0 Å². The Kier molecular flexibility index (Phi) is 6.85. The third kappa shape index (κ3) is 4.26. The number of quaternary nitrogens is 1. The Labute approximate surface area is 203 Å². The molecule has 14 heteroatoms. The number of aliphatic hydroxyl groups excluding tert-OH is 1. The summed E-state index contributed by atoms with van der Waals surface area (Å²) >= 11 is 2.53. The second-order valence-corrected chi connectivity index (χ2v) is 10.7. The molecule has 34 heavy (non-hydrogen) atoms. The summed E-state index contributed by atoms with van der Waals surface area (Å²) in [4.78, 5) is 49.1. The number of aromatic nitrogens is 1. The maximum Gasteiger partial charge on any atom is 0.352 e. The van der Waals surface area contributed by atoms with Gasteiger partial charge in [-0.25, -0.2) is 9.78 Å². The Hall–Kier alpha value is -2.68. The normalized spacial score (nSPS) is 29.0. The smallest absolute Gasteiger partial charge is 0.352 e. The molecule has 0 spiro atoms. The Balaban J connectivity index is 1.52. The molecule has 4 heterocycles. The molecule has 0 radical (unpaired) electrons. The van der Waals surface area contributed by atoms with Crippen molar-refractivity contribution in [2.75, 3.05) is 38.3 Å². The number of carbonyl (C=O) groups is 3. The quantitative estimate of drug-likeness (QED) is 0.154. The number of thiazole rings is 1. The number of aliphatic carboxylic acids is 1. The van der Waals surface area contributed by atoms with Crippen LogP contribution >= 0.6 is 23.1 Å². The zero-order valence-corrected chi connectivity index (χ0v) is 20.4. The minimum atomic E-state index is -1.18. The predicted molar refractivity (Wildman–Crippen MR) is 125 cm³/mol. The summed E-state index contributed by atoms with van der Waals surface area (Å²) in [7, 11) is 1.28. The summed E-state index contributed by atoms with van der Waals surface area (Å²) in [5.41, 5.74) is 6.03. The molecule has 6 N–H and O–H groups in total. The van der Waals surface area contributed by atoms with Crippen LogP contribution in [0.25, 0.3) is 0 Å². The molecular formula is C20H27N6O6S2+. The van der Waals surface area contributed by atoms with Crippen LogP contribution < -0.4 is 16.0 Å². The van der Waals surface area contributed by atoms with Crippen molar-refractivity contribution in [2.24, 2.45) is 5.16 Å². The van der Waals surface area contributed by atoms with E-state index in [-0.39, 0.29) is 34.4 Å². The van der Waals surface area contributed by atoms with Crippen LogP contribution in [0.5, 0.6) is 0 Å². The SMILES string of the molecule is CON=C(C(=O)N[C@@H]1C(=O)N2C(C(=O)O)=C(C[NH+]3CCC[C@@]3(C)CO)CS[C@@H]12)c1csc(N)n1. The number of thioether (sulfide) groups is 1. The first-order chi connectivity index (χ1) is 16.2. The number of likely N-dealkylation sites (tertiary alicyclic amines) is 1. The monoisotopic (exact) mass is 511 g/mol. The number of anilines is 1. The van der Waals surface area contributed by atoms with Gasteiger partial charge < -0.3 is 31.0 Å². The van der Waals surface area contributed by atoms with Gasteiger partial charge in [0.15, 0.2) is 10.8 Å². The van der Waals surface area contributed by atoms with E-state index in [1.165, 1.54) is 23.8 Å². The maximum absolute atomic E-state index is 13.0. The van der Waals surface area contributed by atoms with E-state index in [0.29, 0.717) is 17.9 Å². The highest BCUT2D eigenvalue weighted by Crippen LogP contribution is 2.40. The molecule has 2 saturated heterocycles. The summed E-state index contributed by atoms with van der Waals surface area (Å²) < 4.78 is 0. The number of nitrogens with zero attached hydrogens (tertiary/aromatic N) is 3. The maximum atomic E-state index is 13.0. The Morgan fingerprint density at radius 2 is 2.26 bits per heavy atom. The van der Waals surface area contributed by atoms with Crippen LogP contribution in [0.2, 0.25) is 0 Å². The largest absolute Gasteiger partial charge is 0.477 e. The topological polar surface area (TPSA) is 172 Å². The molecule has 0 saturated carbocycles. The first kappa shape index (κ1) is 24.4. The number of hydrogen-bond acceptors (Lipinski definition) is 10. The molecule has 1 aromatic rings. The van der Waals surface area contributed by atoms with E-state index in [1.807, 2.05) is 6.92 Å². The fourth-order valence-electron chi connectivity index (χ4n) is 4.64. The van der Waals surface area contributed by atoms with Gasteiger partial charge in [-0.05, 0) is 6.92 Å². The van der Waals surface area contributed by atoms with E-state index in [0.717, 1.165) is 35.6 Å². The first-order valence-corrected chi connectivity index (χ1v) is 12.6. The summed E-state index contributed by atoms with van der Waals surface area (Å²) in [6.07, 6.45) is 1.81. The number of oxime groups is 1. The number of carboxylic acids is 1. The van der Waals surface area contributed by atoms with Gasteiger partial charge in [0, 0.05) is 29.5 Å². The molecule has 0 aliphatic carbocycles. The molecule has 3 aliphatic heterocycles. The van der Waals surface area contributed by atoms with E-state index < -0.39 is 29.2 Å². The van der Waals surface area contributed by atoms with Crippen molar-refractivity contribution in [3.63, 3.8) is 0 Å². The number of rotatable bonds is 8. The Morgan fingerprint density at radius 1 is 1.50 bits per heavy atom. The fraction of sp³-hybridized carbons (Fsp3) is 0.550. The highest BCUT2D eigenvalue weighted by molar-refractivity contribution is 8.00.